The molecule has 0 aliphatic heterocycles. The van der Waals surface area contributed by atoms with Crippen molar-refractivity contribution in [2.24, 2.45) is 20.5 Å². The standard InChI is InChI=1S/C29H29N5O8S/c1-16-11-21(42-10-9-35)6-8-23(16)31-32-24-15-26(41-4)25(12-17(24)2)33-34-28-27(43(38,39)40)14-19-13-20(30-18(3)36)5-7-22(19)29(28)37/h5-8,11-15,35,37H,9-10H2,1-4H3,(H,30,36)(H,38,39,40). The summed E-state index contributed by atoms with van der Waals surface area (Å²) >= 11 is 0. The zero-order valence-corrected chi connectivity index (χ0v) is 24.5. The Hall–Kier alpha value is -4.92. The Labute approximate surface area is 247 Å². The van der Waals surface area contributed by atoms with Gasteiger partial charge in [-0.3, -0.25) is 9.35 Å². The lowest BCUT2D eigenvalue weighted by atomic mass is 10.1. The number of aryl methyl sites for hydroxylation is 2. The number of amides is 1. The number of azo groups is 2. The molecule has 0 saturated carbocycles. The molecule has 0 radical (unpaired) electrons. The van der Waals surface area contributed by atoms with E-state index in [0.29, 0.717) is 28.4 Å². The zero-order valence-electron chi connectivity index (χ0n) is 23.7. The number of benzene rings is 4. The lowest BCUT2D eigenvalue weighted by Crippen LogP contribution is -2.05. The van der Waals surface area contributed by atoms with Crippen LogP contribution in [-0.4, -0.2) is 49.4 Å². The topological polar surface area (TPSA) is 192 Å². The molecule has 0 aromatic heterocycles. The van der Waals surface area contributed by atoms with E-state index >= 15 is 0 Å². The van der Waals surface area contributed by atoms with Gasteiger partial charge < -0.3 is 25.0 Å². The number of anilines is 1. The highest BCUT2D eigenvalue weighted by atomic mass is 32.2. The number of ether oxygens (including phenoxy) is 2. The highest BCUT2D eigenvalue weighted by Crippen LogP contribution is 2.43. The molecule has 4 aromatic rings. The number of fused-ring (bicyclic) bond motifs is 1. The van der Waals surface area contributed by atoms with Crippen LogP contribution in [0, 0.1) is 13.8 Å². The second-order valence-electron chi connectivity index (χ2n) is 9.39. The smallest absolute Gasteiger partial charge is 0.296 e. The molecule has 0 spiro atoms. The summed E-state index contributed by atoms with van der Waals surface area (Å²) in [6.45, 7) is 5.01. The van der Waals surface area contributed by atoms with Gasteiger partial charge in [0.05, 0.1) is 25.1 Å². The molecule has 0 fully saturated rings. The van der Waals surface area contributed by atoms with Crippen molar-refractivity contribution in [1.82, 2.24) is 0 Å². The van der Waals surface area contributed by atoms with Crippen LogP contribution in [0.5, 0.6) is 17.2 Å². The molecule has 0 saturated heterocycles. The van der Waals surface area contributed by atoms with Crippen molar-refractivity contribution >= 4 is 55.2 Å². The number of rotatable bonds is 10. The third-order valence-electron chi connectivity index (χ3n) is 6.20. The number of aliphatic hydroxyl groups excluding tert-OH is 1. The fourth-order valence-corrected chi connectivity index (χ4v) is 4.80. The summed E-state index contributed by atoms with van der Waals surface area (Å²) in [5, 5.41) is 39.6. The number of hydrogen-bond acceptors (Lipinski definition) is 11. The van der Waals surface area contributed by atoms with Crippen LogP contribution in [-0.2, 0) is 14.9 Å². The average molecular weight is 608 g/mol. The number of nitrogens with zero attached hydrogens (tertiary/aromatic N) is 4. The maximum absolute atomic E-state index is 12.2. The summed E-state index contributed by atoms with van der Waals surface area (Å²) in [6.07, 6.45) is 0. The molecule has 0 unspecified atom stereocenters. The molecule has 13 nitrogen and oxygen atoms in total. The Morgan fingerprint density at radius 1 is 0.907 bits per heavy atom. The monoisotopic (exact) mass is 607 g/mol. The lowest BCUT2D eigenvalue weighted by molar-refractivity contribution is -0.114. The lowest BCUT2D eigenvalue weighted by Gasteiger charge is -2.11. The van der Waals surface area contributed by atoms with E-state index in [4.69, 9.17) is 14.6 Å². The highest BCUT2D eigenvalue weighted by Gasteiger charge is 2.22. The fourth-order valence-electron chi connectivity index (χ4n) is 4.14. The van der Waals surface area contributed by atoms with Gasteiger partial charge in [-0.2, -0.15) is 18.6 Å². The molecule has 0 heterocycles. The van der Waals surface area contributed by atoms with Gasteiger partial charge in [0.25, 0.3) is 10.1 Å². The molecule has 1 amide bonds. The average Bonchev–Trinajstić information content (AvgIpc) is 2.94. The quantitative estimate of drug-likeness (QED) is 0.115. The second kappa shape index (κ2) is 12.9. The predicted molar refractivity (Wildman–Crippen MR) is 160 cm³/mol. The highest BCUT2D eigenvalue weighted by molar-refractivity contribution is 7.86. The molecule has 0 aliphatic rings. The summed E-state index contributed by atoms with van der Waals surface area (Å²) in [7, 11) is -3.44. The first-order valence-electron chi connectivity index (χ1n) is 12.8. The molecule has 4 N–H and O–H groups in total. The van der Waals surface area contributed by atoms with E-state index in [1.807, 2.05) is 6.92 Å². The van der Waals surface area contributed by atoms with Gasteiger partial charge in [0.15, 0.2) is 5.75 Å². The van der Waals surface area contributed by atoms with Crippen molar-refractivity contribution in [1.29, 1.82) is 0 Å². The minimum absolute atomic E-state index is 0.0931. The van der Waals surface area contributed by atoms with Crippen LogP contribution < -0.4 is 14.8 Å². The van der Waals surface area contributed by atoms with Gasteiger partial charge in [-0.25, -0.2) is 0 Å². The number of methoxy groups -OCH3 is 1. The second-order valence-corrected chi connectivity index (χ2v) is 10.8. The van der Waals surface area contributed by atoms with Gasteiger partial charge in [-0.1, -0.05) is 0 Å². The van der Waals surface area contributed by atoms with Gasteiger partial charge in [-0.05, 0) is 78.9 Å². The van der Waals surface area contributed by atoms with Crippen molar-refractivity contribution in [2.75, 3.05) is 25.6 Å². The molecule has 0 aliphatic carbocycles. The molecule has 4 aromatic carbocycles. The Morgan fingerprint density at radius 3 is 2.26 bits per heavy atom. The van der Waals surface area contributed by atoms with E-state index in [1.165, 1.54) is 32.2 Å². The SMILES string of the molecule is COc1cc(N=Nc2ccc(OCCO)cc2C)c(C)cc1N=Nc1c(S(=O)(=O)O)cc2cc(NC(C)=O)ccc2c1O. The van der Waals surface area contributed by atoms with Crippen molar-refractivity contribution in [3.8, 4) is 17.2 Å². The molecule has 4 rings (SSSR count). The van der Waals surface area contributed by atoms with E-state index in [-0.39, 0.29) is 41.3 Å². The van der Waals surface area contributed by atoms with Crippen LogP contribution in [0.3, 0.4) is 0 Å². The number of phenolic OH excluding ortho intramolecular Hbond substituents is 1. The van der Waals surface area contributed by atoms with Crippen LogP contribution >= 0.6 is 0 Å². The van der Waals surface area contributed by atoms with Crippen LogP contribution in [0.4, 0.5) is 28.4 Å². The summed E-state index contributed by atoms with van der Waals surface area (Å²) in [5.74, 6) is -0.0359. The third kappa shape index (κ3) is 7.30. The summed E-state index contributed by atoms with van der Waals surface area (Å²) in [4.78, 5) is 10.7. The largest absolute Gasteiger partial charge is 0.505 e. The van der Waals surface area contributed by atoms with Crippen molar-refractivity contribution in [3.05, 3.63) is 65.7 Å². The van der Waals surface area contributed by atoms with Gasteiger partial charge >= 0.3 is 0 Å². The van der Waals surface area contributed by atoms with E-state index < -0.39 is 26.5 Å². The molecule has 0 bridgehead atoms. The zero-order chi connectivity index (χ0) is 31.3. The van der Waals surface area contributed by atoms with E-state index in [9.17, 15) is 22.9 Å². The number of phenols is 1. The number of nitrogens with one attached hydrogen (secondary N) is 1. The van der Waals surface area contributed by atoms with Crippen LogP contribution in [0.15, 0.2) is 79.9 Å². The van der Waals surface area contributed by atoms with E-state index in [1.54, 1.807) is 37.3 Å². The Kier molecular flexibility index (Phi) is 9.34. The van der Waals surface area contributed by atoms with Crippen molar-refractivity contribution in [3.63, 3.8) is 0 Å². The Bertz CT molecular complexity index is 1870. The van der Waals surface area contributed by atoms with Crippen LogP contribution in [0.25, 0.3) is 10.8 Å². The number of aliphatic hydroxyl groups is 1. The summed E-state index contributed by atoms with van der Waals surface area (Å²) in [6, 6.07) is 14.0. The first-order chi connectivity index (χ1) is 20.4. The number of hydrogen-bond donors (Lipinski definition) is 4. The van der Waals surface area contributed by atoms with Gasteiger partial charge in [0.2, 0.25) is 5.91 Å². The van der Waals surface area contributed by atoms with Crippen molar-refractivity contribution < 1.29 is 37.5 Å². The number of aromatic hydroxyl groups is 1. The molecule has 43 heavy (non-hydrogen) atoms. The minimum Gasteiger partial charge on any atom is -0.505 e. The third-order valence-corrected chi connectivity index (χ3v) is 7.07. The summed E-state index contributed by atoms with van der Waals surface area (Å²) in [5.41, 5.74) is 2.61. The van der Waals surface area contributed by atoms with Crippen LogP contribution in [0.1, 0.15) is 18.1 Å². The number of carbonyl (C=O) groups is 1. The summed E-state index contributed by atoms with van der Waals surface area (Å²) < 4.78 is 45.2. The normalized spacial score (nSPS) is 11.9. The number of carbonyl (C=O) groups excluding carboxylic acids is 1. The molecule has 224 valence electrons. The minimum atomic E-state index is -4.84. The van der Waals surface area contributed by atoms with E-state index in [2.05, 4.69) is 25.8 Å². The Balaban J connectivity index is 1.70. The Morgan fingerprint density at radius 2 is 1.60 bits per heavy atom. The van der Waals surface area contributed by atoms with Gasteiger partial charge in [0, 0.05) is 24.1 Å². The molecular weight excluding hydrogens is 578 g/mol. The molecule has 14 heteroatoms. The van der Waals surface area contributed by atoms with Gasteiger partial charge in [0.1, 0.15) is 34.4 Å². The predicted octanol–water partition coefficient (Wildman–Crippen LogP) is 6.58. The first-order valence-corrected chi connectivity index (χ1v) is 14.3. The van der Waals surface area contributed by atoms with Crippen LogP contribution in [0.2, 0.25) is 0 Å². The maximum atomic E-state index is 12.2. The van der Waals surface area contributed by atoms with Crippen molar-refractivity contribution in [2.45, 2.75) is 25.7 Å². The fraction of sp³-hybridized carbons (Fsp3) is 0.207. The van der Waals surface area contributed by atoms with Gasteiger partial charge in [-0.15, -0.1) is 10.2 Å². The maximum Gasteiger partial charge on any atom is 0.296 e. The molecule has 0 atom stereocenters. The van der Waals surface area contributed by atoms with E-state index in [0.717, 1.165) is 11.6 Å². The molecular formula is C29H29N5O8S. The first kappa shape index (κ1) is 31.0.